The monoisotopic (exact) mass is 289 g/mol. The Bertz CT molecular complexity index is 664. The first-order chi connectivity index (χ1) is 9.45. The second-order valence-electron chi connectivity index (χ2n) is 4.52. The molecule has 104 valence electrons. The minimum atomic E-state index is -0.723. The van der Waals surface area contributed by atoms with E-state index in [0.29, 0.717) is 10.8 Å². The third-order valence-electron chi connectivity index (χ3n) is 2.68. The van der Waals surface area contributed by atoms with Crippen LogP contribution in [0.25, 0.3) is 0 Å². The third kappa shape index (κ3) is 3.42. The van der Waals surface area contributed by atoms with E-state index in [-0.39, 0.29) is 0 Å². The Balaban J connectivity index is 2.02. The van der Waals surface area contributed by atoms with Crippen molar-refractivity contribution in [1.29, 1.82) is 0 Å². The first-order valence-electron chi connectivity index (χ1n) is 6.07. The fourth-order valence-corrected chi connectivity index (χ4v) is 2.38. The number of anilines is 2. The molecule has 0 saturated carbocycles. The van der Waals surface area contributed by atoms with Crippen molar-refractivity contribution in [3.63, 3.8) is 0 Å². The lowest BCUT2D eigenvalue weighted by molar-refractivity contribution is -0.133. The molecule has 1 heterocycles. The van der Waals surface area contributed by atoms with Crippen LogP contribution in [0.5, 0.6) is 0 Å². The summed E-state index contributed by atoms with van der Waals surface area (Å²) < 4.78 is 0. The summed E-state index contributed by atoms with van der Waals surface area (Å²) in [6, 6.07) is 5.60. The zero-order chi connectivity index (χ0) is 14.7. The van der Waals surface area contributed by atoms with Gasteiger partial charge in [0.15, 0.2) is 5.13 Å². The number of nitrogens with zero attached hydrogens (tertiary/aromatic N) is 1. The summed E-state index contributed by atoms with van der Waals surface area (Å²) in [5.41, 5.74) is 3.45. The van der Waals surface area contributed by atoms with Crippen LogP contribution < -0.4 is 10.6 Å². The molecule has 0 aliphatic rings. The van der Waals surface area contributed by atoms with Crippen LogP contribution in [0, 0.1) is 20.8 Å². The summed E-state index contributed by atoms with van der Waals surface area (Å²) in [6.07, 6.45) is 0. The van der Waals surface area contributed by atoms with Gasteiger partial charge in [-0.2, -0.15) is 0 Å². The smallest absolute Gasteiger partial charge is 0.315 e. The Morgan fingerprint density at radius 1 is 1.10 bits per heavy atom. The summed E-state index contributed by atoms with van der Waals surface area (Å²) in [5.74, 6) is -1.43. The van der Waals surface area contributed by atoms with Crippen molar-refractivity contribution < 1.29 is 9.59 Å². The highest BCUT2D eigenvalue weighted by atomic mass is 32.1. The van der Waals surface area contributed by atoms with Crippen LogP contribution in [0.15, 0.2) is 23.6 Å². The second kappa shape index (κ2) is 5.83. The molecule has 2 amide bonds. The van der Waals surface area contributed by atoms with Crippen molar-refractivity contribution in [3.8, 4) is 0 Å². The van der Waals surface area contributed by atoms with Gasteiger partial charge in [0.1, 0.15) is 0 Å². The predicted molar refractivity (Wildman–Crippen MR) is 80.0 cm³/mol. The van der Waals surface area contributed by atoms with Crippen molar-refractivity contribution in [2.24, 2.45) is 0 Å². The van der Waals surface area contributed by atoms with Gasteiger partial charge >= 0.3 is 11.8 Å². The fraction of sp³-hybridized carbons (Fsp3) is 0.214. The van der Waals surface area contributed by atoms with Gasteiger partial charge in [-0.15, -0.1) is 11.3 Å². The maximum atomic E-state index is 11.8. The molecule has 5 nitrogen and oxygen atoms in total. The largest absolute Gasteiger partial charge is 0.318 e. The number of hydrogen-bond acceptors (Lipinski definition) is 4. The van der Waals surface area contributed by atoms with Crippen LogP contribution in [0.2, 0.25) is 0 Å². The number of aromatic nitrogens is 1. The Morgan fingerprint density at radius 3 is 2.40 bits per heavy atom. The lowest BCUT2D eigenvalue weighted by atomic mass is 10.1. The Kier molecular flexibility index (Phi) is 4.14. The molecule has 2 aromatic rings. The van der Waals surface area contributed by atoms with Crippen molar-refractivity contribution >= 4 is 34.0 Å². The molecule has 2 rings (SSSR count). The van der Waals surface area contributed by atoms with Crippen LogP contribution in [-0.2, 0) is 9.59 Å². The van der Waals surface area contributed by atoms with E-state index in [0.717, 1.165) is 16.8 Å². The molecule has 1 aromatic carbocycles. The Morgan fingerprint density at radius 2 is 1.80 bits per heavy atom. The molecular formula is C14H15N3O2S. The van der Waals surface area contributed by atoms with Gasteiger partial charge in [-0.25, -0.2) is 4.98 Å². The van der Waals surface area contributed by atoms with E-state index in [4.69, 9.17) is 0 Å². The minimum Gasteiger partial charge on any atom is -0.318 e. The van der Waals surface area contributed by atoms with E-state index in [1.165, 1.54) is 11.3 Å². The number of rotatable bonds is 2. The molecule has 0 bridgehead atoms. The zero-order valence-corrected chi connectivity index (χ0v) is 12.3. The Labute approximate surface area is 121 Å². The summed E-state index contributed by atoms with van der Waals surface area (Å²) >= 11 is 1.28. The van der Waals surface area contributed by atoms with Gasteiger partial charge in [0.25, 0.3) is 0 Å². The number of carbonyl (C=O) groups is 2. The van der Waals surface area contributed by atoms with Crippen LogP contribution in [-0.4, -0.2) is 16.8 Å². The lowest BCUT2D eigenvalue weighted by Gasteiger charge is -2.08. The van der Waals surface area contributed by atoms with Gasteiger partial charge in [-0.1, -0.05) is 17.7 Å². The van der Waals surface area contributed by atoms with E-state index < -0.39 is 11.8 Å². The minimum absolute atomic E-state index is 0.420. The van der Waals surface area contributed by atoms with Crippen LogP contribution in [0.1, 0.15) is 16.8 Å². The van der Waals surface area contributed by atoms with Gasteiger partial charge in [0, 0.05) is 11.1 Å². The lowest BCUT2D eigenvalue weighted by Crippen LogP contribution is -2.29. The number of aryl methyl sites for hydroxylation is 3. The molecular weight excluding hydrogens is 274 g/mol. The fourth-order valence-electron chi connectivity index (χ4n) is 1.70. The molecule has 0 unspecified atom stereocenters. The van der Waals surface area contributed by atoms with E-state index >= 15 is 0 Å². The molecule has 0 radical (unpaired) electrons. The van der Waals surface area contributed by atoms with Gasteiger partial charge in [0.05, 0.1) is 5.69 Å². The molecule has 0 atom stereocenters. The highest BCUT2D eigenvalue weighted by molar-refractivity contribution is 7.14. The average molecular weight is 289 g/mol. The summed E-state index contributed by atoms with van der Waals surface area (Å²) in [5, 5.41) is 7.28. The number of benzene rings is 1. The van der Waals surface area contributed by atoms with Gasteiger partial charge in [-0.05, 0) is 32.4 Å². The third-order valence-corrected chi connectivity index (χ3v) is 3.55. The Hall–Kier alpha value is -2.21. The van der Waals surface area contributed by atoms with Crippen molar-refractivity contribution in [2.75, 3.05) is 10.6 Å². The number of carbonyl (C=O) groups excluding carboxylic acids is 2. The number of nitrogens with one attached hydrogen (secondary N) is 2. The van der Waals surface area contributed by atoms with Crippen molar-refractivity contribution in [1.82, 2.24) is 4.98 Å². The van der Waals surface area contributed by atoms with Gasteiger partial charge in [0.2, 0.25) is 0 Å². The normalized spacial score (nSPS) is 10.2. The first-order valence-corrected chi connectivity index (χ1v) is 6.95. The van der Waals surface area contributed by atoms with E-state index in [2.05, 4.69) is 15.6 Å². The van der Waals surface area contributed by atoms with Crippen molar-refractivity contribution in [3.05, 3.63) is 40.4 Å². The van der Waals surface area contributed by atoms with Crippen LogP contribution >= 0.6 is 11.3 Å². The molecule has 1 aromatic heterocycles. The molecule has 0 spiro atoms. The zero-order valence-electron chi connectivity index (χ0n) is 11.5. The highest BCUT2D eigenvalue weighted by Crippen LogP contribution is 2.17. The van der Waals surface area contributed by atoms with Crippen molar-refractivity contribution in [2.45, 2.75) is 20.8 Å². The van der Waals surface area contributed by atoms with Crippen LogP contribution in [0.3, 0.4) is 0 Å². The molecule has 0 saturated heterocycles. The van der Waals surface area contributed by atoms with E-state index in [1.807, 2.05) is 32.9 Å². The molecule has 2 N–H and O–H groups in total. The second-order valence-corrected chi connectivity index (χ2v) is 5.38. The summed E-state index contributed by atoms with van der Waals surface area (Å²) in [6.45, 7) is 5.67. The quantitative estimate of drug-likeness (QED) is 0.835. The maximum absolute atomic E-state index is 11.8. The number of hydrogen-bond donors (Lipinski definition) is 2. The standard InChI is InChI=1S/C14H15N3O2S/c1-8-4-5-11(9(2)6-8)16-12(18)13(19)17-14-15-10(3)7-20-14/h4-7H,1-3H3,(H,16,18)(H,15,17,19). The van der Waals surface area contributed by atoms with E-state index in [1.54, 1.807) is 11.4 Å². The molecule has 6 heteroatoms. The average Bonchev–Trinajstić information content (AvgIpc) is 2.78. The maximum Gasteiger partial charge on any atom is 0.315 e. The summed E-state index contributed by atoms with van der Waals surface area (Å²) in [4.78, 5) is 27.6. The SMILES string of the molecule is Cc1ccc(NC(=O)C(=O)Nc2nc(C)cs2)c(C)c1. The van der Waals surface area contributed by atoms with Gasteiger partial charge < -0.3 is 5.32 Å². The molecule has 0 aliphatic carbocycles. The van der Waals surface area contributed by atoms with Crippen LogP contribution in [0.4, 0.5) is 10.8 Å². The molecule has 20 heavy (non-hydrogen) atoms. The van der Waals surface area contributed by atoms with E-state index in [9.17, 15) is 9.59 Å². The first kappa shape index (κ1) is 14.2. The predicted octanol–water partition coefficient (Wildman–Crippen LogP) is 2.65. The molecule has 0 aliphatic heterocycles. The van der Waals surface area contributed by atoms with Gasteiger partial charge in [-0.3, -0.25) is 14.9 Å². The topological polar surface area (TPSA) is 71.1 Å². The number of amides is 2. The number of thiazole rings is 1. The summed E-state index contributed by atoms with van der Waals surface area (Å²) in [7, 11) is 0. The molecule has 0 fully saturated rings. The highest BCUT2D eigenvalue weighted by Gasteiger charge is 2.16.